The molecule has 13 heteroatoms. The quantitative estimate of drug-likeness (QED) is 0.336. The number of carbonyl (C=O) groups is 1. The molecule has 0 aliphatic carbocycles. The lowest BCUT2D eigenvalue weighted by molar-refractivity contribution is -0.384. The molecule has 0 aliphatic rings. The van der Waals surface area contributed by atoms with Gasteiger partial charge in [0.1, 0.15) is 0 Å². The van der Waals surface area contributed by atoms with Gasteiger partial charge in [-0.1, -0.05) is 11.6 Å². The second kappa shape index (κ2) is 10.2. The van der Waals surface area contributed by atoms with Gasteiger partial charge in [0.05, 0.1) is 36.8 Å². The van der Waals surface area contributed by atoms with Crippen LogP contribution in [0.2, 0.25) is 5.02 Å². The molecule has 0 heterocycles. The lowest BCUT2D eigenvalue weighted by atomic mass is 10.2. The molecular formula is C18H19ClN4O7S. The van der Waals surface area contributed by atoms with Crippen LogP contribution in [0.3, 0.4) is 0 Å². The summed E-state index contributed by atoms with van der Waals surface area (Å²) in [5.41, 5.74) is 2.17. The SMILES string of the molecule is COc1ccc(S(=O)(=O)N(C)CC(=O)N/N=C\c2cc([N+](=O)[O-])ccc2Cl)cc1OC. The Bertz CT molecular complexity index is 1120. The van der Waals surface area contributed by atoms with Crippen LogP contribution < -0.4 is 14.9 Å². The first kappa shape index (κ1) is 24.1. The van der Waals surface area contributed by atoms with E-state index in [1.54, 1.807) is 0 Å². The first-order valence-electron chi connectivity index (χ1n) is 8.54. The molecule has 0 radical (unpaired) electrons. The molecule has 0 bridgehead atoms. The number of rotatable bonds is 9. The predicted octanol–water partition coefficient (Wildman–Crippen LogP) is 2.04. The molecule has 0 aromatic heterocycles. The maximum Gasteiger partial charge on any atom is 0.270 e. The van der Waals surface area contributed by atoms with Gasteiger partial charge in [0.25, 0.3) is 11.6 Å². The highest BCUT2D eigenvalue weighted by Gasteiger charge is 2.24. The van der Waals surface area contributed by atoms with Gasteiger partial charge >= 0.3 is 0 Å². The number of ether oxygens (including phenoxy) is 2. The average Bonchev–Trinajstić information content (AvgIpc) is 2.74. The minimum atomic E-state index is -4.00. The molecule has 2 rings (SSSR count). The van der Waals surface area contributed by atoms with Crippen LogP contribution in [0.5, 0.6) is 11.5 Å². The second-order valence-corrected chi connectivity index (χ2v) is 8.49. The molecule has 0 spiro atoms. The van der Waals surface area contributed by atoms with Crippen LogP contribution in [-0.4, -0.2) is 57.6 Å². The van der Waals surface area contributed by atoms with E-state index in [0.717, 1.165) is 10.5 Å². The van der Waals surface area contributed by atoms with E-state index in [4.69, 9.17) is 21.1 Å². The van der Waals surface area contributed by atoms with E-state index in [9.17, 15) is 23.3 Å². The molecule has 0 saturated carbocycles. The van der Waals surface area contributed by atoms with Gasteiger partial charge in [-0.25, -0.2) is 13.8 Å². The van der Waals surface area contributed by atoms with Crippen molar-refractivity contribution >= 4 is 39.4 Å². The number of hydrogen-bond donors (Lipinski definition) is 1. The highest BCUT2D eigenvalue weighted by Crippen LogP contribution is 2.30. The number of benzene rings is 2. The minimum absolute atomic E-state index is 0.0904. The normalized spacial score (nSPS) is 11.5. The van der Waals surface area contributed by atoms with Gasteiger partial charge in [0.2, 0.25) is 10.0 Å². The van der Waals surface area contributed by atoms with Gasteiger partial charge in [-0.15, -0.1) is 0 Å². The second-order valence-electron chi connectivity index (χ2n) is 6.03. The van der Waals surface area contributed by atoms with E-state index in [1.807, 2.05) is 0 Å². The first-order chi connectivity index (χ1) is 14.6. The Morgan fingerprint density at radius 3 is 2.52 bits per heavy atom. The van der Waals surface area contributed by atoms with Crippen molar-refractivity contribution < 1.29 is 27.6 Å². The number of hydrazone groups is 1. The van der Waals surface area contributed by atoms with Crippen molar-refractivity contribution in [1.29, 1.82) is 0 Å². The molecule has 1 N–H and O–H groups in total. The van der Waals surface area contributed by atoms with Crippen LogP contribution in [0.15, 0.2) is 46.4 Å². The molecule has 1 amide bonds. The highest BCUT2D eigenvalue weighted by atomic mass is 35.5. The van der Waals surface area contributed by atoms with Crippen molar-refractivity contribution in [1.82, 2.24) is 9.73 Å². The monoisotopic (exact) mass is 470 g/mol. The fourth-order valence-corrected chi connectivity index (χ4v) is 3.71. The predicted molar refractivity (Wildman–Crippen MR) is 113 cm³/mol. The van der Waals surface area contributed by atoms with Crippen molar-refractivity contribution in [2.45, 2.75) is 4.90 Å². The van der Waals surface area contributed by atoms with Crippen molar-refractivity contribution in [3.63, 3.8) is 0 Å². The summed E-state index contributed by atoms with van der Waals surface area (Å²) in [7, 11) is 0.0198. The highest BCUT2D eigenvalue weighted by molar-refractivity contribution is 7.89. The maximum atomic E-state index is 12.7. The van der Waals surface area contributed by atoms with Crippen LogP contribution in [0.4, 0.5) is 5.69 Å². The van der Waals surface area contributed by atoms with Gasteiger partial charge in [0.15, 0.2) is 11.5 Å². The largest absolute Gasteiger partial charge is 0.493 e. The first-order valence-corrected chi connectivity index (χ1v) is 10.4. The topological polar surface area (TPSA) is 140 Å². The Kier molecular flexibility index (Phi) is 7.91. The number of nitro benzene ring substituents is 1. The summed E-state index contributed by atoms with van der Waals surface area (Å²) in [6.07, 6.45) is 1.12. The van der Waals surface area contributed by atoms with Crippen LogP contribution in [0.1, 0.15) is 5.56 Å². The third-order valence-corrected chi connectivity index (χ3v) is 6.16. The number of halogens is 1. The summed E-state index contributed by atoms with van der Waals surface area (Å²) >= 11 is 5.94. The Balaban J connectivity index is 2.08. The zero-order valence-corrected chi connectivity index (χ0v) is 18.3. The number of carbonyl (C=O) groups excluding carboxylic acids is 1. The van der Waals surface area contributed by atoms with E-state index in [2.05, 4.69) is 10.5 Å². The summed E-state index contributed by atoms with van der Waals surface area (Å²) in [4.78, 5) is 22.2. The van der Waals surface area contributed by atoms with E-state index in [0.29, 0.717) is 5.75 Å². The Labute approximate surface area is 183 Å². The molecule has 0 unspecified atom stereocenters. The maximum absolute atomic E-state index is 12.7. The third kappa shape index (κ3) is 5.90. The van der Waals surface area contributed by atoms with Gasteiger partial charge < -0.3 is 9.47 Å². The average molecular weight is 471 g/mol. The molecule has 0 atom stereocenters. The smallest absolute Gasteiger partial charge is 0.270 e. The number of nitrogens with one attached hydrogen (secondary N) is 1. The van der Waals surface area contributed by atoms with Crippen LogP contribution in [0.25, 0.3) is 0 Å². The number of nitro groups is 1. The molecule has 31 heavy (non-hydrogen) atoms. The fourth-order valence-electron chi connectivity index (χ4n) is 2.40. The van der Waals surface area contributed by atoms with Crippen LogP contribution in [0, 0.1) is 10.1 Å². The number of non-ortho nitro benzene ring substituents is 1. The molecule has 0 aliphatic heterocycles. The van der Waals surface area contributed by atoms with Gasteiger partial charge in [-0.2, -0.15) is 9.41 Å². The van der Waals surface area contributed by atoms with Crippen molar-refractivity contribution in [3.8, 4) is 11.5 Å². The molecule has 2 aromatic rings. The lowest BCUT2D eigenvalue weighted by Crippen LogP contribution is -2.36. The summed E-state index contributed by atoms with van der Waals surface area (Å²) in [5, 5.41) is 14.7. The zero-order chi connectivity index (χ0) is 23.2. The molecule has 0 saturated heterocycles. The number of nitrogens with zero attached hydrogens (tertiary/aromatic N) is 3. The van der Waals surface area contributed by atoms with Gasteiger partial charge in [0, 0.05) is 35.8 Å². The molecule has 0 fully saturated rings. The number of amides is 1. The lowest BCUT2D eigenvalue weighted by Gasteiger charge is -2.17. The third-order valence-electron chi connectivity index (χ3n) is 4.01. The Morgan fingerprint density at radius 1 is 1.23 bits per heavy atom. The van der Waals surface area contributed by atoms with Crippen LogP contribution in [-0.2, 0) is 14.8 Å². The Morgan fingerprint density at radius 2 is 1.90 bits per heavy atom. The van der Waals surface area contributed by atoms with Crippen molar-refractivity contribution in [2.75, 3.05) is 27.8 Å². The summed E-state index contributed by atoms with van der Waals surface area (Å²) < 4.78 is 36.4. The molecule has 2 aromatic carbocycles. The van der Waals surface area contributed by atoms with E-state index < -0.39 is 27.4 Å². The Hall–Kier alpha value is -3.22. The minimum Gasteiger partial charge on any atom is -0.493 e. The number of hydrogen-bond acceptors (Lipinski definition) is 8. The molecule has 166 valence electrons. The molecular weight excluding hydrogens is 452 g/mol. The van der Waals surface area contributed by atoms with E-state index >= 15 is 0 Å². The summed E-state index contributed by atoms with van der Waals surface area (Å²) in [6, 6.07) is 7.79. The van der Waals surface area contributed by atoms with E-state index in [-0.39, 0.29) is 26.9 Å². The number of likely N-dealkylation sites (N-methyl/N-ethyl adjacent to an activating group) is 1. The zero-order valence-electron chi connectivity index (χ0n) is 16.7. The summed E-state index contributed by atoms with van der Waals surface area (Å²) in [5.74, 6) is -0.153. The summed E-state index contributed by atoms with van der Waals surface area (Å²) in [6.45, 7) is -0.531. The van der Waals surface area contributed by atoms with Crippen LogP contribution >= 0.6 is 11.6 Å². The number of methoxy groups -OCH3 is 2. The fraction of sp³-hybridized carbons (Fsp3) is 0.222. The van der Waals surface area contributed by atoms with Crippen molar-refractivity contribution in [2.24, 2.45) is 5.10 Å². The molecule has 11 nitrogen and oxygen atoms in total. The standard InChI is InChI=1S/C18H19ClN4O7S/c1-22(31(27,28)14-5-7-16(29-2)17(9-14)30-3)11-18(24)21-20-10-12-8-13(23(25)26)4-6-15(12)19/h4-10H,11H2,1-3H3,(H,21,24)/b20-10-. The van der Waals surface area contributed by atoms with Gasteiger partial charge in [-0.05, 0) is 18.2 Å². The van der Waals surface area contributed by atoms with E-state index in [1.165, 1.54) is 57.7 Å². The van der Waals surface area contributed by atoms with Crippen molar-refractivity contribution in [3.05, 3.63) is 57.1 Å². The van der Waals surface area contributed by atoms with Gasteiger partial charge in [-0.3, -0.25) is 14.9 Å². The number of sulfonamides is 1.